The van der Waals surface area contributed by atoms with E-state index in [4.69, 9.17) is 4.74 Å². The highest BCUT2D eigenvalue weighted by Crippen LogP contribution is 2.47. The molecular weight excluding hydrogens is 535 g/mol. The Kier molecular flexibility index (Phi) is 6.29. The summed E-state index contributed by atoms with van der Waals surface area (Å²) in [6, 6.07) is 6.10. The topological polar surface area (TPSA) is 103 Å². The summed E-state index contributed by atoms with van der Waals surface area (Å²) in [5.74, 6) is -0.624. The first kappa shape index (κ1) is 26.4. The van der Waals surface area contributed by atoms with Gasteiger partial charge in [-0.25, -0.2) is 17.1 Å². The summed E-state index contributed by atoms with van der Waals surface area (Å²) in [5.41, 5.74) is 0.996. The van der Waals surface area contributed by atoms with Gasteiger partial charge in [-0.2, -0.15) is 0 Å². The van der Waals surface area contributed by atoms with Gasteiger partial charge in [0, 0.05) is 62.2 Å². The van der Waals surface area contributed by atoms with Gasteiger partial charge < -0.3 is 19.5 Å². The molecule has 1 aromatic heterocycles. The number of carbonyl (C=O) groups excluding carboxylic acids is 2. The fourth-order valence-electron chi connectivity index (χ4n) is 7.50. The van der Waals surface area contributed by atoms with Crippen LogP contribution in [0.5, 0.6) is 0 Å². The molecule has 40 heavy (non-hydrogen) atoms. The van der Waals surface area contributed by atoms with Crippen LogP contribution in [-0.4, -0.2) is 97.1 Å². The van der Waals surface area contributed by atoms with E-state index in [9.17, 15) is 22.4 Å². The fourth-order valence-corrected chi connectivity index (χ4v) is 9.34. The lowest BCUT2D eigenvalue weighted by atomic mass is 9.65. The van der Waals surface area contributed by atoms with Gasteiger partial charge in [-0.1, -0.05) is 0 Å². The van der Waals surface area contributed by atoms with Crippen molar-refractivity contribution >= 4 is 32.7 Å². The zero-order valence-corrected chi connectivity index (χ0v) is 23.6. The minimum atomic E-state index is -3.12. The molecule has 0 bridgehead atoms. The predicted molar refractivity (Wildman–Crippen MR) is 147 cm³/mol. The Morgan fingerprint density at radius 3 is 2.35 bits per heavy atom. The van der Waals surface area contributed by atoms with Crippen LogP contribution in [0.1, 0.15) is 55.4 Å². The van der Waals surface area contributed by atoms with Crippen LogP contribution in [-0.2, 0) is 19.6 Å². The van der Waals surface area contributed by atoms with Crippen molar-refractivity contribution in [2.45, 2.75) is 50.2 Å². The Hall–Kier alpha value is -2.50. The number of hydrogen-bond donors (Lipinski definition) is 1. The molecule has 1 N–H and O–H groups in total. The lowest BCUT2D eigenvalue weighted by Gasteiger charge is -2.56. The minimum Gasteiger partial charge on any atom is -0.381 e. The molecule has 2 spiro atoms. The smallest absolute Gasteiger partial charge is 0.270 e. The van der Waals surface area contributed by atoms with Crippen LogP contribution in [0.3, 0.4) is 0 Å². The molecule has 2 aromatic rings. The molecule has 2 amide bonds. The first-order valence-corrected chi connectivity index (χ1v) is 16.1. The molecule has 4 aliphatic heterocycles. The van der Waals surface area contributed by atoms with Crippen LogP contribution in [0.4, 0.5) is 4.39 Å². The number of piperidine rings is 2. The van der Waals surface area contributed by atoms with Crippen LogP contribution in [0.25, 0.3) is 10.9 Å². The number of nitrogens with zero attached hydrogens (tertiary/aromatic N) is 3. The number of aromatic amines is 1. The Bertz CT molecular complexity index is 1430. The van der Waals surface area contributed by atoms with E-state index in [1.165, 1.54) is 12.1 Å². The lowest BCUT2D eigenvalue weighted by molar-refractivity contribution is -0.164. The summed E-state index contributed by atoms with van der Waals surface area (Å²) in [7, 11) is -3.12. The maximum absolute atomic E-state index is 13.8. The monoisotopic (exact) mass is 572 g/mol. The molecule has 11 heteroatoms. The first-order valence-electron chi connectivity index (χ1n) is 14.6. The number of benzene rings is 1. The zero-order chi connectivity index (χ0) is 27.7. The zero-order valence-electron chi connectivity index (χ0n) is 22.7. The minimum absolute atomic E-state index is 0.120. The van der Waals surface area contributed by atoms with Crippen molar-refractivity contribution in [1.82, 2.24) is 19.1 Å². The maximum Gasteiger partial charge on any atom is 0.270 e. The van der Waals surface area contributed by atoms with Crippen molar-refractivity contribution in [2.75, 3.05) is 52.5 Å². The second kappa shape index (κ2) is 9.52. The highest BCUT2D eigenvalue weighted by molar-refractivity contribution is 7.90. The van der Waals surface area contributed by atoms with Gasteiger partial charge in [-0.3, -0.25) is 9.59 Å². The van der Waals surface area contributed by atoms with E-state index >= 15 is 0 Å². The highest BCUT2D eigenvalue weighted by Gasteiger charge is 2.56. The largest absolute Gasteiger partial charge is 0.381 e. The van der Waals surface area contributed by atoms with E-state index in [1.807, 2.05) is 4.90 Å². The van der Waals surface area contributed by atoms with E-state index in [-0.39, 0.29) is 39.6 Å². The molecule has 216 valence electrons. The molecule has 5 fully saturated rings. The summed E-state index contributed by atoms with van der Waals surface area (Å²) < 4.78 is 46.4. The van der Waals surface area contributed by atoms with Gasteiger partial charge in [0.2, 0.25) is 15.9 Å². The molecule has 5 aliphatic rings. The van der Waals surface area contributed by atoms with Crippen LogP contribution in [0.2, 0.25) is 0 Å². The molecule has 1 aliphatic carbocycles. The molecule has 0 radical (unpaired) electrons. The Morgan fingerprint density at radius 1 is 0.950 bits per heavy atom. The quantitative estimate of drug-likeness (QED) is 0.607. The summed E-state index contributed by atoms with van der Waals surface area (Å²) in [6.07, 6.45) is 5.88. The fraction of sp³-hybridized carbons (Fsp3) is 0.655. The van der Waals surface area contributed by atoms with E-state index in [0.717, 1.165) is 50.5 Å². The van der Waals surface area contributed by atoms with Crippen LogP contribution < -0.4 is 0 Å². The molecule has 1 saturated carbocycles. The third-order valence-corrected chi connectivity index (χ3v) is 12.8. The third kappa shape index (κ3) is 4.44. The lowest BCUT2D eigenvalue weighted by Crippen LogP contribution is -2.67. The number of aromatic nitrogens is 1. The van der Waals surface area contributed by atoms with Crippen LogP contribution >= 0.6 is 0 Å². The molecule has 7 rings (SSSR count). The summed E-state index contributed by atoms with van der Waals surface area (Å²) in [5, 5.41) is 0.506. The molecule has 1 unspecified atom stereocenters. The van der Waals surface area contributed by atoms with Gasteiger partial charge in [0.1, 0.15) is 11.5 Å². The summed E-state index contributed by atoms with van der Waals surface area (Å²) in [4.78, 5) is 33.9. The Labute approximate surface area is 234 Å². The van der Waals surface area contributed by atoms with Crippen molar-refractivity contribution in [3.8, 4) is 0 Å². The second-order valence-corrected chi connectivity index (χ2v) is 15.0. The second-order valence-electron chi connectivity index (χ2n) is 12.8. The van der Waals surface area contributed by atoms with Crippen molar-refractivity contribution in [2.24, 2.45) is 16.7 Å². The number of rotatable bonds is 4. The number of hydrogen-bond acceptors (Lipinski definition) is 5. The van der Waals surface area contributed by atoms with Crippen molar-refractivity contribution < 1.29 is 27.1 Å². The highest BCUT2D eigenvalue weighted by atomic mass is 32.2. The summed E-state index contributed by atoms with van der Waals surface area (Å²) >= 11 is 0. The van der Waals surface area contributed by atoms with Gasteiger partial charge in [0.25, 0.3) is 5.91 Å². The predicted octanol–water partition coefficient (Wildman–Crippen LogP) is 2.98. The van der Waals surface area contributed by atoms with Crippen LogP contribution in [0, 0.1) is 22.6 Å². The van der Waals surface area contributed by atoms with Crippen molar-refractivity contribution in [1.29, 1.82) is 0 Å². The molecule has 9 nitrogen and oxygen atoms in total. The number of likely N-dealkylation sites (tertiary alicyclic amines) is 2. The number of amides is 2. The molecule has 5 heterocycles. The molecule has 4 saturated heterocycles. The Balaban J connectivity index is 0.968. The SMILES string of the molecule is O=C(c1cc2cc(F)ccc2[nH]1)N1CC2(CCOCC2C(=O)N2CCC3(CC2)CCN(S(=O)(=O)C2CC2)CC3)C1. The molecular formula is C29H37FN4O5S. The normalized spacial score (nSPS) is 26.8. The molecule has 1 atom stereocenters. The van der Waals surface area contributed by atoms with E-state index in [0.29, 0.717) is 63.6 Å². The maximum atomic E-state index is 13.8. The first-order chi connectivity index (χ1) is 19.2. The number of fused-ring (bicyclic) bond motifs is 1. The van der Waals surface area contributed by atoms with Gasteiger partial charge in [-0.05, 0) is 74.6 Å². The average molecular weight is 573 g/mol. The molecule has 1 aromatic carbocycles. The average Bonchev–Trinajstić information content (AvgIpc) is 3.72. The summed E-state index contributed by atoms with van der Waals surface area (Å²) in [6.45, 7) is 4.56. The van der Waals surface area contributed by atoms with Crippen molar-refractivity contribution in [3.63, 3.8) is 0 Å². The number of H-pyrrole nitrogens is 1. The number of ether oxygens (including phenoxy) is 1. The van der Waals surface area contributed by atoms with Gasteiger partial charge in [0.15, 0.2) is 0 Å². The van der Waals surface area contributed by atoms with E-state index < -0.39 is 10.0 Å². The number of nitrogens with one attached hydrogen (secondary N) is 1. The van der Waals surface area contributed by atoms with E-state index in [2.05, 4.69) is 4.98 Å². The third-order valence-electron chi connectivity index (χ3n) is 10.4. The van der Waals surface area contributed by atoms with Crippen molar-refractivity contribution in [3.05, 3.63) is 35.8 Å². The van der Waals surface area contributed by atoms with Crippen LogP contribution in [0.15, 0.2) is 24.3 Å². The number of carbonyl (C=O) groups is 2. The van der Waals surface area contributed by atoms with Gasteiger partial charge in [0.05, 0.1) is 17.8 Å². The Morgan fingerprint density at radius 2 is 1.65 bits per heavy atom. The number of sulfonamides is 1. The van der Waals surface area contributed by atoms with E-state index in [1.54, 1.807) is 21.3 Å². The van der Waals surface area contributed by atoms with Gasteiger partial charge in [-0.15, -0.1) is 0 Å². The number of halogens is 1. The standard InChI is InChI=1S/C29H37FN4O5S/c30-21-1-4-24-20(15-21)16-25(31-24)27(36)33-18-29(19-33)9-14-39-17-23(29)26(35)32-10-5-28(6-11-32)7-12-34(13-8-28)40(37,38)22-2-3-22/h1,4,15-16,22-23,31H,2-3,5-14,17-19H2. The van der Waals surface area contributed by atoms with Gasteiger partial charge >= 0.3 is 0 Å².